The van der Waals surface area contributed by atoms with Gasteiger partial charge in [0.2, 0.25) is 5.91 Å². The summed E-state index contributed by atoms with van der Waals surface area (Å²) in [5, 5.41) is 3.26. The molecule has 1 amide bonds. The number of nitrogens with zero attached hydrogens (tertiary/aromatic N) is 1. The maximum absolute atomic E-state index is 13.1. The number of aromatic amines is 1. The zero-order valence-corrected chi connectivity index (χ0v) is 18.0. The van der Waals surface area contributed by atoms with Gasteiger partial charge in [-0.25, -0.2) is 0 Å². The first kappa shape index (κ1) is 20.2. The number of nitrogens with one attached hydrogen (secondary N) is 1. The zero-order valence-electron chi connectivity index (χ0n) is 17.2. The molecule has 0 fully saturated rings. The maximum atomic E-state index is 13.1. The zero-order chi connectivity index (χ0) is 20.8. The predicted molar refractivity (Wildman–Crippen MR) is 127 cm³/mol. The quantitative estimate of drug-likeness (QED) is 0.380. The van der Waals surface area contributed by atoms with E-state index in [2.05, 4.69) is 54.5 Å². The lowest BCUT2D eigenvalue weighted by atomic mass is 10.1. The molecule has 4 heteroatoms. The van der Waals surface area contributed by atoms with Crippen LogP contribution in [0.4, 0.5) is 0 Å². The van der Waals surface area contributed by atoms with E-state index in [-0.39, 0.29) is 5.91 Å². The average Bonchev–Trinajstić information content (AvgIpc) is 3.41. The number of rotatable bonds is 8. The highest BCUT2D eigenvalue weighted by Gasteiger charge is 2.16. The predicted octanol–water partition coefficient (Wildman–Crippen LogP) is 5.95. The Balaban J connectivity index is 1.50. The van der Waals surface area contributed by atoms with Crippen LogP contribution in [-0.2, 0) is 17.6 Å². The normalized spacial score (nSPS) is 11.7. The third-order valence-electron chi connectivity index (χ3n) is 5.24. The third kappa shape index (κ3) is 5.08. The van der Waals surface area contributed by atoms with E-state index in [0.29, 0.717) is 19.5 Å². The van der Waals surface area contributed by atoms with Crippen molar-refractivity contribution in [3.63, 3.8) is 0 Å². The molecule has 0 radical (unpaired) electrons. The number of carbonyl (C=O) groups is 1. The van der Waals surface area contributed by atoms with Crippen LogP contribution >= 0.6 is 11.3 Å². The summed E-state index contributed by atoms with van der Waals surface area (Å²) in [5.74, 6) is 0.179. The molecule has 3 nitrogen and oxygen atoms in total. The van der Waals surface area contributed by atoms with Gasteiger partial charge in [-0.2, -0.15) is 0 Å². The van der Waals surface area contributed by atoms with Crippen LogP contribution in [0.2, 0.25) is 0 Å². The lowest BCUT2D eigenvalue weighted by Crippen LogP contribution is -2.35. The molecular formula is C26H26N2OS. The van der Waals surface area contributed by atoms with Crippen LogP contribution in [0, 0.1) is 0 Å². The minimum atomic E-state index is 0.179. The van der Waals surface area contributed by atoms with E-state index >= 15 is 0 Å². The fourth-order valence-corrected chi connectivity index (χ4v) is 4.44. The summed E-state index contributed by atoms with van der Waals surface area (Å²) in [6.45, 7) is 3.44. The number of hydrogen-bond acceptors (Lipinski definition) is 2. The van der Waals surface area contributed by atoms with Gasteiger partial charge in [-0.1, -0.05) is 66.2 Å². The Kier molecular flexibility index (Phi) is 6.45. The minimum absolute atomic E-state index is 0.179. The molecule has 152 valence electrons. The van der Waals surface area contributed by atoms with Crippen LogP contribution < -0.4 is 0 Å². The van der Waals surface area contributed by atoms with Gasteiger partial charge in [-0.3, -0.25) is 4.79 Å². The second-order valence-electron chi connectivity index (χ2n) is 7.58. The molecule has 4 rings (SSSR count). The molecule has 0 aliphatic carbocycles. The fraction of sp³-hybridized carbons (Fsp3) is 0.192. The van der Waals surface area contributed by atoms with Crippen LogP contribution in [0.5, 0.6) is 0 Å². The van der Waals surface area contributed by atoms with Crippen molar-refractivity contribution >= 4 is 34.2 Å². The number of benzene rings is 2. The first-order valence-corrected chi connectivity index (χ1v) is 11.1. The molecule has 0 aliphatic heterocycles. The summed E-state index contributed by atoms with van der Waals surface area (Å²) >= 11 is 1.64. The van der Waals surface area contributed by atoms with Gasteiger partial charge in [0.05, 0.1) is 6.42 Å². The molecule has 2 aromatic heterocycles. The number of thiophene rings is 1. The highest BCUT2D eigenvalue weighted by molar-refractivity contribution is 7.10. The standard InChI is InChI=1S/C26H26N2OS/c1-20(16-21-8-3-2-4-9-21)19-28(26(29)17-23-10-7-15-30-23)14-13-22-18-27-25-12-6-5-11-24(22)25/h2-12,15-16,18,27H,13-14,17,19H2,1H3. The highest BCUT2D eigenvalue weighted by atomic mass is 32.1. The van der Waals surface area contributed by atoms with E-state index in [9.17, 15) is 4.79 Å². The van der Waals surface area contributed by atoms with Crippen molar-refractivity contribution in [2.24, 2.45) is 0 Å². The first-order chi connectivity index (χ1) is 14.7. The highest BCUT2D eigenvalue weighted by Crippen LogP contribution is 2.19. The Labute approximate surface area is 181 Å². The van der Waals surface area contributed by atoms with Crippen LogP contribution in [0.15, 0.2) is 83.9 Å². The van der Waals surface area contributed by atoms with Gasteiger partial charge in [-0.15, -0.1) is 11.3 Å². The van der Waals surface area contributed by atoms with Crippen molar-refractivity contribution < 1.29 is 4.79 Å². The third-order valence-corrected chi connectivity index (χ3v) is 6.11. The Morgan fingerprint density at radius 3 is 2.63 bits per heavy atom. The second-order valence-corrected chi connectivity index (χ2v) is 8.61. The molecule has 2 aromatic carbocycles. The summed E-state index contributed by atoms with van der Waals surface area (Å²) in [6.07, 6.45) is 5.53. The number of fused-ring (bicyclic) bond motifs is 1. The number of H-pyrrole nitrogens is 1. The molecule has 0 bridgehead atoms. The largest absolute Gasteiger partial charge is 0.361 e. The number of hydrogen-bond donors (Lipinski definition) is 1. The Bertz CT molecular complexity index is 1130. The van der Waals surface area contributed by atoms with Crippen molar-refractivity contribution in [1.29, 1.82) is 0 Å². The summed E-state index contributed by atoms with van der Waals surface area (Å²) in [5.41, 5.74) is 4.74. The van der Waals surface area contributed by atoms with E-state index in [0.717, 1.165) is 22.4 Å². The molecule has 1 N–H and O–H groups in total. The molecule has 0 aliphatic rings. The summed E-state index contributed by atoms with van der Waals surface area (Å²) in [4.78, 5) is 19.6. The molecule has 0 unspecified atom stereocenters. The Hall–Kier alpha value is -3.11. The van der Waals surface area contributed by atoms with Crippen molar-refractivity contribution in [3.8, 4) is 0 Å². The van der Waals surface area contributed by atoms with Gasteiger partial charge < -0.3 is 9.88 Å². The van der Waals surface area contributed by atoms with Crippen molar-refractivity contribution in [1.82, 2.24) is 9.88 Å². The van der Waals surface area contributed by atoms with Crippen LogP contribution in [0.25, 0.3) is 17.0 Å². The second kappa shape index (κ2) is 9.59. The number of carbonyl (C=O) groups excluding carboxylic acids is 1. The van der Waals surface area contributed by atoms with Gasteiger partial charge >= 0.3 is 0 Å². The number of para-hydroxylation sites is 1. The fourth-order valence-electron chi connectivity index (χ4n) is 3.74. The lowest BCUT2D eigenvalue weighted by Gasteiger charge is -2.23. The topological polar surface area (TPSA) is 36.1 Å². The van der Waals surface area contributed by atoms with Gasteiger partial charge in [0.15, 0.2) is 0 Å². The average molecular weight is 415 g/mol. The lowest BCUT2D eigenvalue weighted by molar-refractivity contribution is -0.130. The van der Waals surface area contributed by atoms with E-state index in [1.165, 1.54) is 16.5 Å². The Morgan fingerprint density at radius 2 is 1.83 bits per heavy atom. The molecule has 30 heavy (non-hydrogen) atoms. The van der Waals surface area contributed by atoms with Crippen LogP contribution in [0.1, 0.15) is 22.9 Å². The van der Waals surface area contributed by atoms with Crippen molar-refractivity contribution in [2.45, 2.75) is 19.8 Å². The molecular weight excluding hydrogens is 388 g/mol. The molecule has 0 spiro atoms. The summed E-state index contributed by atoms with van der Waals surface area (Å²) in [6, 6.07) is 22.6. The maximum Gasteiger partial charge on any atom is 0.228 e. The Morgan fingerprint density at radius 1 is 1.03 bits per heavy atom. The molecule has 0 atom stereocenters. The number of aromatic nitrogens is 1. The van der Waals surface area contributed by atoms with Crippen molar-refractivity contribution in [3.05, 3.63) is 99.9 Å². The van der Waals surface area contributed by atoms with Gasteiger partial charge in [-0.05, 0) is 42.0 Å². The van der Waals surface area contributed by atoms with E-state index < -0.39 is 0 Å². The molecule has 0 saturated carbocycles. The van der Waals surface area contributed by atoms with Crippen LogP contribution in [-0.4, -0.2) is 28.9 Å². The summed E-state index contributed by atoms with van der Waals surface area (Å²) < 4.78 is 0. The van der Waals surface area contributed by atoms with E-state index in [1.54, 1.807) is 11.3 Å². The molecule has 0 saturated heterocycles. The first-order valence-electron chi connectivity index (χ1n) is 10.3. The smallest absolute Gasteiger partial charge is 0.228 e. The van der Waals surface area contributed by atoms with Crippen LogP contribution in [0.3, 0.4) is 0 Å². The monoisotopic (exact) mass is 414 g/mol. The van der Waals surface area contributed by atoms with E-state index in [1.807, 2.05) is 46.7 Å². The molecule has 2 heterocycles. The van der Waals surface area contributed by atoms with Crippen molar-refractivity contribution in [2.75, 3.05) is 13.1 Å². The minimum Gasteiger partial charge on any atom is -0.361 e. The summed E-state index contributed by atoms with van der Waals surface area (Å²) in [7, 11) is 0. The van der Waals surface area contributed by atoms with Gasteiger partial charge in [0.1, 0.15) is 0 Å². The van der Waals surface area contributed by atoms with Gasteiger partial charge in [0.25, 0.3) is 0 Å². The molecule has 4 aromatic rings. The SMILES string of the molecule is CC(=Cc1ccccc1)CN(CCc1c[nH]c2ccccc12)C(=O)Cc1cccs1. The number of amides is 1. The van der Waals surface area contributed by atoms with Gasteiger partial charge in [0, 0.05) is 35.1 Å². The van der Waals surface area contributed by atoms with E-state index in [4.69, 9.17) is 0 Å².